The molecule has 0 saturated carbocycles. The van der Waals surface area contributed by atoms with Crippen molar-refractivity contribution in [3.63, 3.8) is 0 Å². The van der Waals surface area contributed by atoms with Gasteiger partial charge in [-0.15, -0.1) is 0 Å². The van der Waals surface area contributed by atoms with Gasteiger partial charge in [0.1, 0.15) is 5.82 Å². The highest BCUT2D eigenvalue weighted by molar-refractivity contribution is 6.31. The topological polar surface area (TPSA) is 37.3 Å². The number of nitrogens with one attached hydrogen (secondary N) is 1. The SMILES string of the molecule is CC(C)(C)c1ccc(C2c3cccn3CCN2C(=O)Nc2ccc(F)c(Cl)c2)cc1. The highest BCUT2D eigenvalue weighted by Gasteiger charge is 2.32. The van der Waals surface area contributed by atoms with Crippen molar-refractivity contribution in [2.75, 3.05) is 11.9 Å². The Morgan fingerprint density at radius 3 is 2.50 bits per heavy atom. The van der Waals surface area contributed by atoms with Crippen LogP contribution in [0, 0.1) is 5.82 Å². The fourth-order valence-electron chi connectivity index (χ4n) is 3.89. The Hall–Kier alpha value is -2.79. The van der Waals surface area contributed by atoms with Crippen molar-refractivity contribution in [3.8, 4) is 0 Å². The van der Waals surface area contributed by atoms with Gasteiger partial charge < -0.3 is 14.8 Å². The summed E-state index contributed by atoms with van der Waals surface area (Å²) in [6.45, 7) is 7.83. The van der Waals surface area contributed by atoms with E-state index in [2.05, 4.69) is 61.0 Å². The first-order valence-electron chi connectivity index (χ1n) is 10.0. The molecule has 0 bridgehead atoms. The predicted octanol–water partition coefficient (Wildman–Crippen LogP) is 6.22. The molecule has 6 heteroatoms. The molecule has 0 radical (unpaired) electrons. The summed E-state index contributed by atoms with van der Waals surface area (Å²) < 4.78 is 15.6. The first-order valence-corrected chi connectivity index (χ1v) is 10.4. The average molecular weight is 426 g/mol. The number of halogens is 2. The summed E-state index contributed by atoms with van der Waals surface area (Å²) in [7, 11) is 0. The lowest BCUT2D eigenvalue weighted by Crippen LogP contribution is -2.44. The van der Waals surface area contributed by atoms with Crippen LogP contribution in [0.2, 0.25) is 5.02 Å². The van der Waals surface area contributed by atoms with E-state index in [9.17, 15) is 9.18 Å². The number of rotatable bonds is 2. The first-order chi connectivity index (χ1) is 14.2. The van der Waals surface area contributed by atoms with E-state index in [4.69, 9.17) is 11.6 Å². The van der Waals surface area contributed by atoms with E-state index < -0.39 is 5.82 Å². The molecule has 4 nitrogen and oxygen atoms in total. The van der Waals surface area contributed by atoms with Crippen LogP contribution in [-0.2, 0) is 12.0 Å². The Morgan fingerprint density at radius 2 is 1.83 bits per heavy atom. The highest BCUT2D eigenvalue weighted by Crippen LogP contribution is 2.34. The summed E-state index contributed by atoms with van der Waals surface area (Å²) in [6, 6.07) is 16.3. The molecule has 30 heavy (non-hydrogen) atoms. The van der Waals surface area contributed by atoms with Gasteiger partial charge in [0.25, 0.3) is 0 Å². The molecule has 3 aromatic rings. The Kier molecular flexibility index (Phi) is 5.33. The van der Waals surface area contributed by atoms with Gasteiger partial charge in [0.05, 0.1) is 11.1 Å². The summed E-state index contributed by atoms with van der Waals surface area (Å²) in [4.78, 5) is 15.0. The summed E-state index contributed by atoms with van der Waals surface area (Å²) >= 11 is 5.87. The van der Waals surface area contributed by atoms with E-state index in [1.807, 2.05) is 17.2 Å². The van der Waals surface area contributed by atoms with Crippen molar-refractivity contribution in [3.05, 3.63) is 88.5 Å². The molecule has 0 saturated heterocycles. The number of hydrogen-bond donors (Lipinski definition) is 1. The fourth-order valence-corrected chi connectivity index (χ4v) is 4.07. The molecule has 1 aliphatic heterocycles. The number of aromatic nitrogens is 1. The monoisotopic (exact) mass is 425 g/mol. The van der Waals surface area contributed by atoms with E-state index >= 15 is 0 Å². The van der Waals surface area contributed by atoms with Gasteiger partial charge in [-0.2, -0.15) is 0 Å². The molecule has 4 rings (SSSR count). The lowest BCUT2D eigenvalue weighted by molar-refractivity contribution is 0.182. The molecule has 1 atom stereocenters. The van der Waals surface area contributed by atoms with Crippen LogP contribution in [0.4, 0.5) is 14.9 Å². The second-order valence-corrected chi connectivity index (χ2v) is 9.06. The van der Waals surface area contributed by atoms with Crippen LogP contribution >= 0.6 is 11.6 Å². The molecule has 1 aliphatic rings. The minimum atomic E-state index is -0.512. The summed E-state index contributed by atoms with van der Waals surface area (Å²) in [5, 5.41) is 2.85. The molecule has 2 heterocycles. The van der Waals surface area contributed by atoms with Gasteiger partial charge in [-0.05, 0) is 46.9 Å². The minimum Gasteiger partial charge on any atom is -0.348 e. The quantitative estimate of drug-likeness (QED) is 0.520. The van der Waals surface area contributed by atoms with Crippen molar-refractivity contribution < 1.29 is 9.18 Å². The number of nitrogens with zero attached hydrogens (tertiary/aromatic N) is 2. The number of carbonyl (C=O) groups excluding carboxylic acids is 1. The van der Waals surface area contributed by atoms with Crippen molar-refractivity contribution in [1.82, 2.24) is 9.47 Å². The van der Waals surface area contributed by atoms with Crippen molar-refractivity contribution in [2.45, 2.75) is 38.8 Å². The van der Waals surface area contributed by atoms with E-state index in [0.717, 1.165) is 17.8 Å². The third kappa shape index (κ3) is 3.94. The summed E-state index contributed by atoms with van der Waals surface area (Å²) in [5.74, 6) is -0.512. The molecule has 2 aromatic carbocycles. The maximum Gasteiger partial charge on any atom is 0.322 e. The molecule has 1 N–H and O–H groups in total. The minimum absolute atomic E-state index is 0.0189. The van der Waals surface area contributed by atoms with Crippen LogP contribution < -0.4 is 5.32 Å². The van der Waals surface area contributed by atoms with Crippen LogP contribution in [0.3, 0.4) is 0 Å². The molecule has 2 amide bonds. The van der Waals surface area contributed by atoms with Gasteiger partial charge in [0.15, 0.2) is 0 Å². The van der Waals surface area contributed by atoms with Crippen LogP contribution in [0.15, 0.2) is 60.8 Å². The third-order valence-electron chi connectivity index (χ3n) is 5.56. The Bertz CT molecular complexity index is 1070. The first kappa shape index (κ1) is 20.5. The number of amides is 2. The Labute approximate surface area is 181 Å². The average Bonchev–Trinajstić information content (AvgIpc) is 3.18. The van der Waals surface area contributed by atoms with E-state index in [-0.39, 0.29) is 22.5 Å². The number of carbonyl (C=O) groups is 1. The van der Waals surface area contributed by atoms with Crippen LogP contribution in [0.1, 0.15) is 43.6 Å². The highest BCUT2D eigenvalue weighted by atomic mass is 35.5. The molecular formula is C24H25ClFN3O. The normalized spacial score (nSPS) is 16.3. The summed E-state index contributed by atoms with van der Waals surface area (Å²) in [5.41, 5.74) is 3.89. The molecule has 156 valence electrons. The lowest BCUT2D eigenvalue weighted by Gasteiger charge is -2.37. The Balaban J connectivity index is 1.66. The van der Waals surface area contributed by atoms with E-state index in [1.165, 1.54) is 23.8 Å². The zero-order chi connectivity index (χ0) is 21.5. The van der Waals surface area contributed by atoms with Crippen molar-refractivity contribution in [1.29, 1.82) is 0 Å². The number of hydrogen-bond acceptors (Lipinski definition) is 1. The molecular weight excluding hydrogens is 401 g/mol. The number of benzene rings is 2. The fraction of sp³-hybridized carbons (Fsp3) is 0.292. The third-order valence-corrected chi connectivity index (χ3v) is 5.85. The summed E-state index contributed by atoms with van der Waals surface area (Å²) in [6.07, 6.45) is 2.04. The molecule has 0 aliphatic carbocycles. The number of urea groups is 1. The second-order valence-electron chi connectivity index (χ2n) is 8.65. The van der Waals surface area contributed by atoms with Crippen LogP contribution in [0.25, 0.3) is 0 Å². The molecule has 1 unspecified atom stereocenters. The lowest BCUT2D eigenvalue weighted by atomic mass is 9.86. The van der Waals surface area contributed by atoms with Crippen LogP contribution in [-0.4, -0.2) is 22.0 Å². The van der Waals surface area contributed by atoms with Gasteiger partial charge in [-0.1, -0.05) is 56.6 Å². The van der Waals surface area contributed by atoms with Crippen molar-refractivity contribution >= 4 is 23.3 Å². The predicted molar refractivity (Wildman–Crippen MR) is 119 cm³/mol. The standard InChI is InChI=1S/C24H25ClFN3O/c1-24(2,3)17-8-6-16(7-9-17)22-21-5-4-12-28(21)13-14-29(22)23(30)27-18-10-11-20(26)19(25)15-18/h4-12,15,22H,13-14H2,1-3H3,(H,27,30). The van der Waals surface area contributed by atoms with Crippen molar-refractivity contribution in [2.24, 2.45) is 0 Å². The number of fused-ring (bicyclic) bond motifs is 1. The maximum absolute atomic E-state index is 13.5. The number of anilines is 1. The molecule has 1 aromatic heterocycles. The van der Waals surface area contributed by atoms with Gasteiger partial charge >= 0.3 is 6.03 Å². The smallest absolute Gasteiger partial charge is 0.322 e. The maximum atomic E-state index is 13.5. The van der Waals surface area contributed by atoms with Crippen LogP contribution in [0.5, 0.6) is 0 Å². The van der Waals surface area contributed by atoms with Gasteiger partial charge in [-0.25, -0.2) is 9.18 Å². The molecule has 0 spiro atoms. The van der Waals surface area contributed by atoms with E-state index in [1.54, 1.807) is 0 Å². The Morgan fingerprint density at radius 1 is 1.10 bits per heavy atom. The zero-order valence-corrected chi connectivity index (χ0v) is 18.1. The molecule has 0 fully saturated rings. The van der Waals surface area contributed by atoms with Gasteiger partial charge in [0, 0.05) is 30.7 Å². The zero-order valence-electron chi connectivity index (χ0n) is 17.3. The largest absolute Gasteiger partial charge is 0.348 e. The van der Waals surface area contributed by atoms with Gasteiger partial charge in [0.2, 0.25) is 0 Å². The van der Waals surface area contributed by atoms with E-state index in [0.29, 0.717) is 12.2 Å². The second kappa shape index (κ2) is 7.80. The van der Waals surface area contributed by atoms with Gasteiger partial charge in [-0.3, -0.25) is 0 Å².